The molecule has 1 N–H and O–H groups in total. The van der Waals surface area contributed by atoms with Gasteiger partial charge in [-0.2, -0.15) is 13.2 Å². The quantitative estimate of drug-likeness (QED) is 0.443. The minimum Gasteiger partial charge on any atom is -0.507 e. The summed E-state index contributed by atoms with van der Waals surface area (Å²) in [5, 5.41) is 10.0. The van der Waals surface area contributed by atoms with Crippen molar-refractivity contribution in [3.05, 3.63) is 54.1 Å². The van der Waals surface area contributed by atoms with Crippen LogP contribution in [0.5, 0.6) is 5.75 Å². The second kappa shape index (κ2) is 9.44. The first-order valence-electron chi connectivity index (χ1n) is 8.99. The number of phenolic OH excluding ortho intramolecular Hbond substituents is 1. The molecule has 2 aromatic carbocycles. The lowest BCUT2D eigenvalue weighted by Gasteiger charge is -2.21. The van der Waals surface area contributed by atoms with Gasteiger partial charge in [-0.1, -0.05) is 56.5 Å². The van der Waals surface area contributed by atoms with Crippen LogP contribution in [0.15, 0.2) is 48.5 Å². The predicted molar refractivity (Wildman–Crippen MR) is 97.6 cm³/mol. The lowest BCUT2D eigenvalue weighted by atomic mass is 10.0. The highest BCUT2D eigenvalue weighted by Crippen LogP contribution is 2.32. The smallest absolute Gasteiger partial charge is 0.425 e. The molecule has 0 heterocycles. The van der Waals surface area contributed by atoms with E-state index in [1.165, 1.54) is 18.2 Å². The molecule has 2 aromatic rings. The highest BCUT2D eigenvalue weighted by molar-refractivity contribution is 5.92. The SMILES string of the molecule is CCCCCCC(OC(=O)c1ccc(O)c(-c2ccccc2)c1)C(F)(F)F. The molecule has 0 aliphatic carbocycles. The second-order valence-corrected chi connectivity index (χ2v) is 6.38. The number of hydrogen-bond acceptors (Lipinski definition) is 3. The van der Waals surface area contributed by atoms with Crippen LogP contribution in [0.4, 0.5) is 13.2 Å². The number of unbranched alkanes of at least 4 members (excludes halogenated alkanes) is 3. The molecule has 146 valence electrons. The Hall–Kier alpha value is -2.50. The van der Waals surface area contributed by atoms with E-state index in [1.54, 1.807) is 30.3 Å². The molecule has 0 bridgehead atoms. The largest absolute Gasteiger partial charge is 0.507 e. The molecule has 0 saturated carbocycles. The third kappa shape index (κ3) is 6.01. The van der Waals surface area contributed by atoms with Gasteiger partial charge in [-0.25, -0.2) is 4.79 Å². The van der Waals surface area contributed by atoms with Gasteiger partial charge in [0.15, 0.2) is 6.10 Å². The van der Waals surface area contributed by atoms with E-state index in [0.717, 1.165) is 12.8 Å². The number of carbonyl (C=O) groups is 1. The topological polar surface area (TPSA) is 46.5 Å². The van der Waals surface area contributed by atoms with Gasteiger partial charge >= 0.3 is 12.1 Å². The van der Waals surface area contributed by atoms with Crippen LogP contribution in [-0.2, 0) is 4.74 Å². The molecule has 0 aliphatic heterocycles. The summed E-state index contributed by atoms with van der Waals surface area (Å²) in [6.07, 6.45) is -4.23. The number of rotatable bonds is 8. The number of hydrogen-bond donors (Lipinski definition) is 1. The van der Waals surface area contributed by atoms with Crippen LogP contribution in [0.2, 0.25) is 0 Å². The van der Waals surface area contributed by atoms with Crippen molar-refractivity contribution in [3.8, 4) is 16.9 Å². The molecule has 0 aromatic heterocycles. The molecule has 1 unspecified atom stereocenters. The van der Waals surface area contributed by atoms with Crippen molar-refractivity contribution in [2.75, 3.05) is 0 Å². The second-order valence-electron chi connectivity index (χ2n) is 6.38. The molecule has 0 fully saturated rings. The van der Waals surface area contributed by atoms with E-state index in [9.17, 15) is 23.1 Å². The van der Waals surface area contributed by atoms with Gasteiger partial charge in [0.2, 0.25) is 0 Å². The van der Waals surface area contributed by atoms with Crippen molar-refractivity contribution < 1.29 is 27.8 Å². The van der Waals surface area contributed by atoms with Crippen molar-refractivity contribution in [3.63, 3.8) is 0 Å². The fraction of sp³-hybridized carbons (Fsp3) is 0.381. The van der Waals surface area contributed by atoms with Crippen molar-refractivity contribution in [2.45, 2.75) is 51.3 Å². The Labute approximate surface area is 156 Å². The lowest BCUT2D eigenvalue weighted by Crippen LogP contribution is -2.33. The Morgan fingerprint density at radius 3 is 2.41 bits per heavy atom. The lowest BCUT2D eigenvalue weighted by molar-refractivity contribution is -0.206. The van der Waals surface area contributed by atoms with Crippen LogP contribution in [0.3, 0.4) is 0 Å². The van der Waals surface area contributed by atoms with Crippen molar-refractivity contribution in [2.24, 2.45) is 0 Å². The molecule has 6 heteroatoms. The molecule has 2 rings (SSSR count). The summed E-state index contributed by atoms with van der Waals surface area (Å²) < 4.78 is 44.4. The van der Waals surface area contributed by atoms with Crippen LogP contribution in [0, 0.1) is 0 Å². The third-order valence-corrected chi connectivity index (χ3v) is 4.25. The van der Waals surface area contributed by atoms with Gasteiger partial charge in [-0.05, 0) is 36.6 Å². The van der Waals surface area contributed by atoms with E-state index in [2.05, 4.69) is 0 Å². The van der Waals surface area contributed by atoms with Gasteiger partial charge in [0.1, 0.15) is 5.75 Å². The van der Waals surface area contributed by atoms with Crippen molar-refractivity contribution in [1.82, 2.24) is 0 Å². The fourth-order valence-electron chi connectivity index (χ4n) is 2.76. The summed E-state index contributed by atoms with van der Waals surface area (Å²) >= 11 is 0. The molecule has 0 radical (unpaired) electrons. The molecular weight excluding hydrogens is 357 g/mol. The monoisotopic (exact) mass is 380 g/mol. The molecule has 3 nitrogen and oxygen atoms in total. The molecule has 0 amide bonds. The Bertz CT molecular complexity index is 742. The van der Waals surface area contributed by atoms with E-state index in [1.807, 2.05) is 6.92 Å². The number of halogens is 3. The highest BCUT2D eigenvalue weighted by Gasteiger charge is 2.42. The van der Waals surface area contributed by atoms with Gasteiger partial charge in [0.25, 0.3) is 0 Å². The zero-order chi connectivity index (χ0) is 19.9. The molecule has 0 aliphatic rings. The average molecular weight is 380 g/mol. The van der Waals surface area contributed by atoms with Gasteiger partial charge in [0.05, 0.1) is 5.56 Å². The summed E-state index contributed by atoms with van der Waals surface area (Å²) in [5.74, 6) is -1.12. The maximum absolute atomic E-state index is 13.2. The first-order chi connectivity index (χ1) is 12.8. The summed E-state index contributed by atoms with van der Waals surface area (Å²) in [4.78, 5) is 12.3. The number of esters is 1. The Balaban J connectivity index is 2.15. The fourth-order valence-corrected chi connectivity index (χ4v) is 2.76. The zero-order valence-electron chi connectivity index (χ0n) is 15.1. The molecular formula is C21H23F3O3. The average Bonchev–Trinajstić information content (AvgIpc) is 2.64. The first-order valence-corrected chi connectivity index (χ1v) is 8.99. The maximum atomic E-state index is 13.2. The molecule has 0 spiro atoms. The predicted octanol–water partition coefficient (Wildman–Crippen LogP) is 6.12. The first kappa shape index (κ1) is 20.8. The third-order valence-electron chi connectivity index (χ3n) is 4.25. The summed E-state index contributed by atoms with van der Waals surface area (Å²) in [7, 11) is 0. The van der Waals surface area contributed by atoms with Gasteiger partial charge in [-0.3, -0.25) is 0 Å². The van der Waals surface area contributed by atoms with Gasteiger partial charge < -0.3 is 9.84 Å². The molecule has 1 atom stereocenters. The van der Waals surface area contributed by atoms with Crippen LogP contribution < -0.4 is 0 Å². The zero-order valence-corrected chi connectivity index (χ0v) is 15.1. The molecule has 27 heavy (non-hydrogen) atoms. The summed E-state index contributed by atoms with van der Waals surface area (Å²) in [5.41, 5.74) is 0.975. The van der Waals surface area contributed by atoms with Gasteiger partial charge in [-0.15, -0.1) is 0 Å². The van der Waals surface area contributed by atoms with Crippen molar-refractivity contribution in [1.29, 1.82) is 0 Å². The van der Waals surface area contributed by atoms with E-state index in [-0.39, 0.29) is 17.7 Å². The summed E-state index contributed by atoms with van der Waals surface area (Å²) in [6.45, 7) is 1.97. The number of aromatic hydroxyl groups is 1. The number of ether oxygens (including phenoxy) is 1. The Morgan fingerprint density at radius 1 is 1.07 bits per heavy atom. The number of benzene rings is 2. The standard InChI is InChI=1S/C21H23F3O3/c1-2-3-4-8-11-19(21(22,23)24)27-20(26)16-12-13-18(25)17(14-16)15-9-6-5-7-10-15/h5-7,9-10,12-14,19,25H,2-4,8,11H2,1H3. The molecule has 0 saturated heterocycles. The van der Waals surface area contributed by atoms with E-state index < -0.39 is 18.2 Å². The van der Waals surface area contributed by atoms with Gasteiger partial charge in [0, 0.05) is 5.56 Å². The van der Waals surface area contributed by atoms with Crippen LogP contribution >= 0.6 is 0 Å². The highest BCUT2D eigenvalue weighted by atomic mass is 19.4. The van der Waals surface area contributed by atoms with Crippen LogP contribution in [-0.4, -0.2) is 23.4 Å². The van der Waals surface area contributed by atoms with E-state index >= 15 is 0 Å². The van der Waals surface area contributed by atoms with E-state index in [4.69, 9.17) is 4.74 Å². The number of carbonyl (C=O) groups excluding carboxylic acids is 1. The van der Waals surface area contributed by atoms with E-state index in [0.29, 0.717) is 24.0 Å². The van der Waals surface area contributed by atoms with Crippen LogP contribution in [0.25, 0.3) is 11.1 Å². The maximum Gasteiger partial charge on any atom is 0.425 e. The Kier molecular flexibility index (Phi) is 7.28. The van der Waals surface area contributed by atoms with Crippen LogP contribution in [0.1, 0.15) is 49.4 Å². The van der Waals surface area contributed by atoms with Crippen molar-refractivity contribution >= 4 is 5.97 Å². The Morgan fingerprint density at radius 2 is 1.78 bits per heavy atom. The normalized spacial score (nSPS) is 12.6. The number of alkyl halides is 3. The number of phenols is 1. The summed E-state index contributed by atoms with van der Waals surface area (Å²) in [6, 6.07) is 12.7. The minimum absolute atomic E-state index is 0.0329. The minimum atomic E-state index is -4.61.